The van der Waals surface area contributed by atoms with E-state index in [1.165, 1.54) is 27.8 Å². The van der Waals surface area contributed by atoms with Crippen LogP contribution in [0.4, 0.5) is 0 Å². The van der Waals surface area contributed by atoms with Crippen LogP contribution in [0.1, 0.15) is 34.9 Å². The van der Waals surface area contributed by atoms with Crippen LogP contribution in [0.5, 0.6) is 0 Å². The van der Waals surface area contributed by atoms with Crippen molar-refractivity contribution in [3.05, 3.63) is 56.2 Å². The summed E-state index contributed by atoms with van der Waals surface area (Å²) in [6.45, 7) is 2.71. The highest BCUT2D eigenvalue weighted by Gasteiger charge is 2.23. The minimum atomic E-state index is 0.00807. The molecule has 1 aliphatic rings. The summed E-state index contributed by atoms with van der Waals surface area (Å²) in [5.74, 6) is 0.290. The van der Waals surface area contributed by atoms with E-state index in [0.29, 0.717) is 11.7 Å². The van der Waals surface area contributed by atoms with Crippen LogP contribution in [0.15, 0.2) is 34.2 Å². The van der Waals surface area contributed by atoms with Crippen molar-refractivity contribution in [1.82, 2.24) is 14.5 Å². The fourth-order valence-electron chi connectivity index (χ4n) is 3.71. The third-order valence-corrected chi connectivity index (χ3v) is 7.71. The van der Waals surface area contributed by atoms with Gasteiger partial charge in [-0.15, -0.1) is 11.3 Å². The van der Waals surface area contributed by atoms with Crippen molar-refractivity contribution in [2.75, 3.05) is 12.8 Å². The summed E-state index contributed by atoms with van der Waals surface area (Å²) in [7, 11) is 3.57. The average Bonchev–Trinajstić information content (AvgIpc) is 3.30. The second kappa shape index (κ2) is 8.32. The third kappa shape index (κ3) is 3.98. The number of thioether (sulfide) groups is 1. The van der Waals surface area contributed by atoms with Crippen LogP contribution in [0.3, 0.4) is 0 Å². The lowest BCUT2D eigenvalue weighted by atomic mass is 10.1. The van der Waals surface area contributed by atoms with E-state index < -0.39 is 0 Å². The molecule has 3 aromatic rings. The molecule has 0 aliphatic heterocycles. The Balaban J connectivity index is 1.45. The van der Waals surface area contributed by atoms with Crippen LogP contribution in [-0.2, 0) is 37.6 Å². The van der Waals surface area contributed by atoms with E-state index in [2.05, 4.69) is 31.2 Å². The zero-order valence-electron chi connectivity index (χ0n) is 17.0. The molecule has 5 nitrogen and oxygen atoms in total. The summed E-state index contributed by atoms with van der Waals surface area (Å²) < 4.78 is 1.59. The van der Waals surface area contributed by atoms with Crippen molar-refractivity contribution >= 4 is 39.2 Å². The first-order valence-corrected chi connectivity index (χ1v) is 11.7. The van der Waals surface area contributed by atoms with Crippen LogP contribution < -0.4 is 5.56 Å². The second-order valence-corrected chi connectivity index (χ2v) is 9.53. The molecule has 4 rings (SSSR count). The van der Waals surface area contributed by atoms with Gasteiger partial charge in [0.1, 0.15) is 4.83 Å². The van der Waals surface area contributed by atoms with E-state index in [1.54, 1.807) is 27.9 Å². The quantitative estimate of drug-likeness (QED) is 0.444. The molecule has 2 heterocycles. The third-order valence-electron chi connectivity index (χ3n) is 5.51. The first kappa shape index (κ1) is 20.2. The molecule has 7 heteroatoms. The Labute approximate surface area is 178 Å². The van der Waals surface area contributed by atoms with Crippen molar-refractivity contribution in [2.45, 2.75) is 44.3 Å². The Morgan fingerprint density at radius 1 is 1.24 bits per heavy atom. The number of amides is 1. The van der Waals surface area contributed by atoms with Crippen LogP contribution in [0, 0.1) is 0 Å². The summed E-state index contributed by atoms with van der Waals surface area (Å²) in [5.41, 5.74) is 3.61. The van der Waals surface area contributed by atoms with Gasteiger partial charge in [0.05, 0.1) is 11.1 Å². The number of hydrogen-bond donors (Lipinski definition) is 0. The highest BCUT2D eigenvalue weighted by molar-refractivity contribution is 7.99. The number of thiophene rings is 1. The maximum Gasteiger partial charge on any atom is 0.262 e. The molecule has 0 unspecified atom stereocenters. The van der Waals surface area contributed by atoms with E-state index in [0.717, 1.165) is 41.5 Å². The number of nitrogens with zero attached hydrogens (tertiary/aromatic N) is 3. The van der Waals surface area contributed by atoms with Gasteiger partial charge in [-0.3, -0.25) is 14.2 Å². The van der Waals surface area contributed by atoms with Gasteiger partial charge in [0, 0.05) is 25.5 Å². The molecule has 0 atom stereocenters. The smallest absolute Gasteiger partial charge is 0.262 e. The summed E-state index contributed by atoms with van der Waals surface area (Å²) in [6.07, 6.45) is 4.15. The molecule has 1 amide bonds. The Kier molecular flexibility index (Phi) is 5.79. The first-order chi connectivity index (χ1) is 14.0. The standard InChI is InChI=1S/C22H25N3O2S2/c1-4-14-8-10-15(11-9-14)12-24(2)18(26)13-28-22-23-20-19(21(27)25(22)3)16-6-5-7-17(16)29-20/h8-11H,4-7,12-13H2,1-3H3. The van der Waals surface area contributed by atoms with Crippen molar-refractivity contribution in [3.63, 3.8) is 0 Å². The number of carbonyl (C=O) groups excluding carboxylic acids is 1. The minimum Gasteiger partial charge on any atom is -0.341 e. The van der Waals surface area contributed by atoms with Crippen molar-refractivity contribution in [1.29, 1.82) is 0 Å². The molecule has 0 saturated heterocycles. The fourth-order valence-corrected chi connectivity index (χ4v) is 5.93. The zero-order valence-corrected chi connectivity index (χ0v) is 18.7. The molecule has 0 fully saturated rings. The number of aryl methyl sites for hydroxylation is 3. The van der Waals surface area contributed by atoms with Gasteiger partial charge in [-0.05, 0) is 42.4 Å². The Morgan fingerprint density at radius 3 is 2.69 bits per heavy atom. The lowest BCUT2D eigenvalue weighted by Crippen LogP contribution is -2.28. The predicted octanol–water partition coefficient (Wildman–Crippen LogP) is 3.80. The van der Waals surface area contributed by atoms with Crippen molar-refractivity contribution in [2.24, 2.45) is 7.05 Å². The number of rotatable bonds is 6. The van der Waals surface area contributed by atoms with Gasteiger partial charge in [-0.25, -0.2) is 4.98 Å². The summed E-state index contributed by atoms with van der Waals surface area (Å²) >= 11 is 2.97. The monoisotopic (exact) mass is 427 g/mol. The van der Waals surface area contributed by atoms with E-state index >= 15 is 0 Å². The molecule has 152 valence electrons. The highest BCUT2D eigenvalue weighted by Crippen LogP contribution is 2.35. The molecule has 0 bridgehead atoms. The molecule has 0 spiro atoms. The molecule has 0 N–H and O–H groups in total. The molecule has 1 aromatic carbocycles. The SMILES string of the molecule is CCc1ccc(CN(C)C(=O)CSc2nc3sc4c(c3c(=O)n2C)CCC4)cc1. The summed E-state index contributed by atoms with van der Waals surface area (Å²) in [4.78, 5) is 34.0. The van der Waals surface area contributed by atoms with Gasteiger partial charge in [-0.2, -0.15) is 0 Å². The number of carbonyl (C=O) groups is 1. The molecule has 0 radical (unpaired) electrons. The maximum atomic E-state index is 12.9. The van der Waals surface area contributed by atoms with Gasteiger partial charge < -0.3 is 4.90 Å². The van der Waals surface area contributed by atoms with Crippen LogP contribution >= 0.6 is 23.1 Å². The van der Waals surface area contributed by atoms with E-state index in [-0.39, 0.29) is 17.2 Å². The van der Waals surface area contributed by atoms with E-state index in [1.807, 2.05) is 7.05 Å². The van der Waals surface area contributed by atoms with Gasteiger partial charge in [-0.1, -0.05) is 43.0 Å². The number of fused-ring (bicyclic) bond motifs is 3. The first-order valence-electron chi connectivity index (χ1n) is 9.93. The lowest BCUT2D eigenvalue weighted by Gasteiger charge is -2.17. The van der Waals surface area contributed by atoms with Gasteiger partial charge >= 0.3 is 0 Å². The Bertz CT molecular complexity index is 1120. The maximum absolute atomic E-state index is 12.9. The highest BCUT2D eigenvalue weighted by atomic mass is 32.2. The largest absolute Gasteiger partial charge is 0.341 e. The topological polar surface area (TPSA) is 55.2 Å². The normalized spacial score (nSPS) is 13.1. The number of hydrogen-bond acceptors (Lipinski definition) is 5. The molecule has 0 saturated carbocycles. The summed E-state index contributed by atoms with van der Waals surface area (Å²) in [6, 6.07) is 8.36. The predicted molar refractivity (Wildman–Crippen MR) is 120 cm³/mol. The fraction of sp³-hybridized carbons (Fsp3) is 0.409. The lowest BCUT2D eigenvalue weighted by molar-refractivity contribution is -0.127. The van der Waals surface area contributed by atoms with E-state index in [4.69, 9.17) is 4.98 Å². The van der Waals surface area contributed by atoms with E-state index in [9.17, 15) is 9.59 Å². The molecular formula is C22H25N3O2S2. The molecular weight excluding hydrogens is 402 g/mol. The number of benzene rings is 1. The number of aromatic nitrogens is 2. The van der Waals surface area contributed by atoms with Gasteiger partial charge in [0.15, 0.2) is 5.16 Å². The Morgan fingerprint density at radius 2 is 1.97 bits per heavy atom. The molecule has 29 heavy (non-hydrogen) atoms. The average molecular weight is 428 g/mol. The Hall–Kier alpha value is -2.12. The van der Waals surface area contributed by atoms with Crippen LogP contribution in [0.2, 0.25) is 0 Å². The molecule has 2 aromatic heterocycles. The summed E-state index contributed by atoms with van der Waals surface area (Å²) in [5, 5.41) is 1.39. The zero-order chi connectivity index (χ0) is 20.5. The van der Waals surface area contributed by atoms with Gasteiger partial charge in [0.25, 0.3) is 5.56 Å². The van der Waals surface area contributed by atoms with Crippen molar-refractivity contribution in [3.8, 4) is 0 Å². The molecule has 1 aliphatic carbocycles. The van der Waals surface area contributed by atoms with Gasteiger partial charge in [0.2, 0.25) is 5.91 Å². The second-order valence-electron chi connectivity index (χ2n) is 7.50. The van der Waals surface area contributed by atoms with Crippen molar-refractivity contribution < 1.29 is 4.79 Å². The van der Waals surface area contributed by atoms with Crippen LogP contribution in [-0.4, -0.2) is 33.2 Å². The minimum absolute atomic E-state index is 0.00807. The van der Waals surface area contributed by atoms with Crippen LogP contribution in [0.25, 0.3) is 10.2 Å².